The van der Waals surface area contributed by atoms with E-state index in [9.17, 15) is 13.2 Å². The number of hydrogen-bond acceptors (Lipinski definition) is 1. The minimum absolute atomic E-state index is 0.229. The predicted molar refractivity (Wildman–Crippen MR) is 52.3 cm³/mol. The SMILES string of the molecule is Cc1cccc2c1CCN=C2C(F)(F)F. The molecule has 0 saturated heterocycles. The third-order valence-electron chi connectivity index (χ3n) is 2.57. The van der Waals surface area contributed by atoms with Crippen LogP contribution >= 0.6 is 0 Å². The Morgan fingerprint density at radius 2 is 2.00 bits per heavy atom. The average Bonchev–Trinajstić information content (AvgIpc) is 2.16. The van der Waals surface area contributed by atoms with Gasteiger partial charge < -0.3 is 0 Å². The fraction of sp³-hybridized carbons (Fsp3) is 0.364. The molecule has 0 atom stereocenters. The maximum Gasteiger partial charge on any atom is 0.433 e. The highest BCUT2D eigenvalue weighted by Gasteiger charge is 2.38. The van der Waals surface area contributed by atoms with Gasteiger partial charge in [0.05, 0.1) is 0 Å². The number of hydrogen-bond donors (Lipinski definition) is 0. The molecule has 1 aromatic carbocycles. The van der Waals surface area contributed by atoms with Crippen molar-refractivity contribution in [3.63, 3.8) is 0 Å². The van der Waals surface area contributed by atoms with Crippen LogP contribution in [0.15, 0.2) is 23.2 Å². The van der Waals surface area contributed by atoms with Crippen molar-refractivity contribution in [1.82, 2.24) is 0 Å². The Morgan fingerprint density at radius 1 is 1.27 bits per heavy atom. The van der Waals surface area contributed by atoms with E-state index in [2.05, 4.69) is 4.99 Å². The average molecular weight is 213 g/mol. The van der Waals surface area contributed by atoms with Crippen LogP contribution in [0, 0.1) is 6.92 Å². The lowest BCUT2D eigenvalue weighted by molar-refractivity contribution is -0.0584. The van der Waals surface area contributed by atoms with Gasteiger partial charge in [-0.25, -0.2) is 0 Å². The Hall–Kier alpha value is -1.32. The number of rotatable bonds is 0. The summed E-state index contributed by atoms with van der Waals surface area (Å²) in [4.78, 5) is 3.57. The largest absolute Gasteiger partial charge is 0.433 e. The molecule has 1 aromatic rings. The van der Waals surface area contributed by atoms with Crippen LogP contribution in [0.25, 0.3) is 0 Å². The number of fused-ring (bicyclic) bond motifs is 1. The van der Waals surface area contributed by atoms with E-state index in [0.717, 1.165) is 11.1 Å². The normalized spacial score (nSPS) is 15.9. The molecule has 4 heteroatoms. The number of halogens is 3. The van der Waals surface area contributed by atoms with Crippen molar-refractivity contribution in [3.8, 4) is 0 Å². The van der Waals surface area contributed by atoms with Gasteiger partial charge in [0.25, 0.3) is 0 Å². The Labute approximate surface area is 85.6 Å². The molecular weight excluding hydrogens is 203 g/mol. The van der Waals surface area contributed by atoms with E-state index in [1.165, 1.54) is 6.07 Å². The van der Waals surface area contributed by atoms with Crippen LogP contribution in [0.4, 0.5) is 13.2 Å². The summed E-state index contributed by atoms with van der Waals surface area (Å²) >= 11 is 0. The van der Waals surface area contributed by atoms with Crippen molar-refractivity contribution in [2.24, 2.45) is 4.99 Å². The monoisotopic (exact) mass is 213 g/mol. The van der Waals surface area contributed by atoms with Gasteiger partial charge in [-0.2, -0.15) is 13.2 Å². The standard InChI is InChI=1S/C11H10F3N/c1-7-3-2-4-9-8(7)5-6-15-10(9)11(12,13)14/h2-4H,5-6H2,1H3. The van der Waals surface area contributed by atoms with E-state index in [1.807, 2.05) is 13.0 Å². The topological polar surface area (TPSA) is 12.4 Å². The van der Waals surface area contributed by atoms with Gasteiger partial charge in [-0.3, -0.25) is 4.99 Å². The first kappa shape index (κ1) is 10.2. The summed E-state index contributed by atoms with van der Waals surface area (Å²) < 4.78 is 37.9. The number of aryl methyl sites for hydroxylation is 1. The van der Waals surface area contributed by atoms with Crippen molar-refractivity contribution in [2.45, 2.75) is 19.5 Å². The van der Waals surface area contributed by atoms with Crippen molar-refractivity contribution >= 4 is 5.71 Å². The molecule has 0 spiro atoms. The summed E-state index contributed by atoms with van der Waals surface area (Å²) in [5.41, 5.74) is 1.20. The molecule has 80 valence electrons. The van der Waals surface area contributed by atoms with Gasteiger partial charge in [0.1, 0.15) is 5.71 Å². The summed E-state index contributed by atoms with van der Waals surface area (Å²) in [6.07, 6.45) is -3.75. The van der Waals surface area contributed by atoms with E-state index >= 15 is 0 Å². The zero-order chi connectivity index (χ0) is 11.1. The second kappa shape index (κ2) is 3.36. The van der Waals surface area contributed by atoms with Crippen LogP contribution in [-0.4, -0.2) is 18.4 Å². The van der Waals surface area contributed by atoms with E-state index in [1.54, 1.807) is 6.07 Å². The molecule has 0 amide bonds. The molecule has 1 nitrogen and oxygen atoms in total. The van der Waals surface area contributed by atoms with Crippen LogP contribution < -0.4 is 0 Å². The van der Waals surface area contributed by atoms with Gasteiger partial charge in [-0.1, -0.05) is 18.2 Å². The predicted octanol–water partition coefficient (Wildman–Crippen LogP) is 2.90. The molecule has 0 fully saturated rings. The summed E-state index contributed by atoms with van der Waals surface area (Å²) in [6, 6.07) is 4.96. The van der Waals surface area contributed by atoms with Gasteiger partial charge in [-0.15, -0.1) is 0 Å². The lowest BCUT2D eigenvalue weighted by Gasteiger charge is -2.20. The molecule has 0 unspecified atom stereocenters. The molecule has 0 saturated carbocycles. The van der Waals surface area contributed by atoms with Crippen molar-refractivity contribution < 1.29 is 13.2 Å². The fourth-order valence-corrected chi connectivity index (χ4v) is 1.86. The minimum Gasteiger partial charge on any atom is -0.280 e. The van der Waals surface area contributed by atoms with Crippen LogP contribution in [0.2, 0.25) is 0 Å². The van der Waals surface area contributed by atoms with E-state index < -0.39 is 11.9 Å². The maximum atomic E-state index is 12.6. The summed E-state index contributed by atoms with van der Waals surface area (Å²) in [5.74, 6) is 0. The highest BCUT2D eigenvalue weighted by atomic mass is 19.4. The number of nitrogens with zero attached hydrogens (tertiary/aromatic N) is 1. The van der Waals surface area contributed by atoms with E-state index in [0.29, 0.717) is 6.42 Å². The first-order valence-electron chi connectivity index (χ1n) is 4.70. The summed E-state index contributed by atoms with van der Waals surface area (Å²) in [5, 5.41) is 0. The van der Waals surface area contributed by atoms with Gasteiger partial charge in [-0.05, 0) is 24.5 Å². The molecule has 1 aliphatic rings. The first-order valence-corrected chi connectivity index (χ1v) is 4.70. The van der Waals surface area contributed by atoms with Crippen LogP contribution in [-0.2, 0) is 6.42 Å². The molecule has 2 rings (SSSR count). The van der Waals surface area contributed by atoms with Crippen molar-refractivity contribution in [1.29, 1.82) is 0 Å². The van der Waals surface area contributed by atoms with Gasteiger partial charge in [0.15, 0.2) is 0 Å². The molecule has 1 aliphatic heterocycles. The minimum atomic E-state index is -4.34. The van der Waals surface area contributed by atoms with Crippen molar-refractivity contribution in [3.05, 3.63) is 34.9 Å². The molecule has 0 bridgehead atoms. The van der Waals surface area contributed by atoms with E-state index in [-0.39, 0.29) is 12.1 Å². The smallest absolute Gasteiger partial charge is 0.280 e. The van der Waals surface area contributed by atoms with Crippen LogP contribution in [0.3, 0.4) is 0 Å². The summed E-state index contributed by atoms with van der Waals surface area (Å²) in [6.45, 7) is 2.06. The molecule has 0 N–H and O–H groups in total. The first-order chi connectivity index (χ1) is 7.00. The summed E-state index contributed by atoms with van der Waals surface area (Å²) in [7, 11) is 0. The fourth-order valence-electron chi connectivity index (χ4n) is 1.86. The van der Waals surface area contributed by atoms with Crippen LogP contribution in [0.5, 0.6) is 0 Å². The highest BCUT2D eigenvalue weighted by molar-refractivity contribution is 6.06. The lowest BCUT2D eigenvalue weighted by Crippen LogP contribution is -2.28. The second-order valence-corrected chi connectivity index (χ2v) is 3.58. The Kier molecular flexibility index (Phi) is 2.29. The van der Waals surface area contributed by atoms with Crippen molar-refractivity contribution in [2.75, 3.05) is 6.54 Å². The molecule has 0 aliphatic carbocycles. The lowest BCUT2D eigenvalue weighted by atomic mass is 9.93. The Balaban J connectivity index is 2.57. The van der Waals surface area contributed by atoms with E-state index in [4.69, 9.17) is 0 Å². The quantitative estimate of drug-likeness (QED) is 0.628. The number of benzene rings is 1. The molecular formula is C11H10F3N. The molecule has 0 aromatic heterocycles. The highest BCUT2D eigenvalue weighted by Crippen LogP contribution is 2.28. The zero-order valence-corrected chi connectivity index (χ0v) is 8.23. The molecule has 1 heterocycles. The van der Waals surface area contributed by atoms with Gasteiger partial charge in [0, 0.05) is 12.1 Å². The third kappa shape index (κ3) is 1.76. The maximum absolute atomic E-state index is 12.6. The number of aliphatic imine (C=N–C) groups is 1. The zero-order valence-electron chi connectivity index (χ0n) is 8.23. The second-order valence-electron chi connectivity index (χ2n) is 3.58. The van der Waals surface area contributed by atoms with Gasteiger partial charge >= 0.3 is 6.18 Å². The number of alkyl halides is 3. The molecule has 0 radical (unpaired) electrons. The Bertz CT molecular complexity index is 418. The van der Waals surface area contributed by atoms with Crippen LogP contribution in [0.1, 0.15) is 16.7 Å². The van der Waals surface area contributed by atoms with Gasteiger partial charge in [0.2, 0.25) is 0 Å². The Morgan fingerprint density at radius 3 is 2.67 bits per heavy atom. The molecule has 15 heavy (non-hydrogen) atoms. The third-order valence-corrected chi connectivity index (χ3v) is 2.57.